The molecule has 0 saturated heterocycles. The number of thioether (sulfide) groups is 1. The molecule has 0 bridgehead atoms. The maximum Gasteiger partial charge on any atom is 0.269 e. The van der Waals surface area contributed by atoms with Crippen molar-refractivity contribution in [2.75, 3.05) is 5.75 Å². The first-order valence-electron chi connectivity index (χ1n) is 10.1. The molecule has 0 unspecified atom stereocenters. The van der Waals surface area contributed by atoms with Crippen molar-refractivity contribution in [2.45, 2.75) is 51.6 Å². The second kappa shape index (κ2) is 11.5. The van der Waals surface area contributed by atoms with Crippen molar-refractivity contribution in [2.24, 2.45) is 0 Å². The van der Waals surface area contributed by atoms with Crippen LogP contribution in [0.25, 0.3) is 0 Å². The molecule has 9 heteroatoms. The zero-order valence-corrected chi connectivity index (χ0v) is 21.0. The molecule has 0 aliphatic heterocycles. The number of halogens is 1. The van der Waals surface area contributed by atoms with E-state index in [1.807, 2.05) is 45.0 Å². The molecule has 7 nitrogen and oxygen atoms in total. The van der Waals surface area contributed by atoms with Crippen molar-refractivity contribution in [1.82, 2.24) is 10.2 Å². The number of carbonyl (C=O) groups excluding carboxylic acids is 2. The van der Waals surface area contributed by atoms with Gasteiger partial charge in [0.05, 0.1) is 10.7 Å². The van der Waals surface area contributed by atoms with Crippen molar-refractivity contribution >= 4 is 45.2 Å². The minimum absolute atomic E-state index is 0.0363. The van der Waals surface area contributed by atoms with Gasteiger partial charge in [-0.15, -0.1) is 11.8 Å². The van der Waals surface area contributed by atoms with Crippen LogP contribution in [0.2, 0.25) is 0 Å². The van der Waals surface area contributed by atoms with Gasteiger partial charge in [0.15, 0.2) is 0 Å². The monoisotopic (exact) mass is 521 g/mol. The largest absolute Gasteiger partial charge is 0.350 e. The zero-order chi connectivity index (χ0) is 23.9. The number of nitrogens with one attached hydrogen (secondary N) is 1. The number of nitrogens with zero attached hydrogens (tertiary/aromatic N) is 2. The number of amides is 2. The minimum Gasteiger partial charge on any atom is -0.350 e. The van der Waals surface area contributed by atoms with Crippen molar-refractivity contribution in [1.29, 1.82) is 0 Å². The fourth-order valence-corrected chi connectivity index (χ4v) is 4.03. The van der Waals surface area contributed by atoms with E-state index < -0.39 is 16.5 Å². The van der Waals surface area contributed by atoms with Crippen LogP contribution in [0, 0.1) is 10.1 Å². The molecule has 2 amide bonds. The Morgan fingerprint density at radius 1 is 1.09 bits per heavy atom. The van der Waals surface area contributed by atoms with E-state index in [2.05, 4.69) is 21.2 Å². The van der Waals surface area contributed by atoms with Crippen LogP contribution in [-0.4, -0.2) is 39.0 Å². The van der Waals surface area contributed by atoms with Crippen molar-refractivity contribution < 1.29 is 14.5 Å². The van der Waals surface area contributed by atoms with Gasteiger partial charge in [0, 0.05) is 34.4 Å². The second-order valence-electron chi connectivity index (χ2n) is 8.48. The van der Waals surface area contributed by atoms with Gasteiger partial charge in [-0.25, -0.2) is 0 Å². The van der Waals surface area contributed by atoms with Gasteiger partial charge in [0.1, 0.15) is 6.04 Å². The third-order valence-corrected chi connectivity index (χ3v) is 6.09. The Morgan fingerprint density at radius 3 is 2.19 bits per heavy atom. The van der Waals surface area contributed by atoms with Gasteiger partial charge in [0.2, 0.25) is 11.8 Å². The smallest absolute Gasteiger partial charge is 0.269 e. The van der Waals surface area contributed by atoms with E-state index in [4.69, 9.17) is 0 Å². The molecule has 1 N–H and O–H groups in total. The van der Waals surface area contributed by atoms with Gasteiger partial charge in [0.25, 0.3) is 5.69 Å². The summed E-state index contributed by atoms with van der Waals surface area (Å²) in [5.41, 5.74) is 1.46. The Morgan fingerprint density at radius 2 is 1.66 bits per heavy atom. The summed E-state index contributed by atoms with van der Waals surface area (Å²) in [5.74, 6) is 0.388. The van der Waals surface area contributed by atoms with E-state index in [1.165, 1.54) is 23.9 Å². The summed E-state index contributed by atoms with van der Waals surface area (Å²) < 4.78 is 0.941. The first-order valence-corrected chi connectivity index (χ1v) is 12.1. The highest BCUT2D eigenvalue weighted by molar-refractivity contribution is 9.10. The maximum absolute atomic E-state index is 13.1. The van der Waals surface area contributed by atoms with E-state index in [9.17, 15) is 19.7 Å². The van der Waals surface area contributed by atoms with Gasteiger partial charge in [-0.3, -0.25) is 19.7 Å². The van der Waals surface area contributed by atoms with Crippen LogP contribution in [-0.2, 0) is 21.9 Å². The van der Waals surface area contributed by atoms with E-state index in [0.717, 1.165) is 15.6 Å². The standard InChI is InChI=1S/C23H28BrN3O4S/c1-16(22(29)25-23(2,3)4)26(13-17-5-9-19(24)10-6-17)21(28)15-32-14-18-7-11-20(12-8-18)27(30)31/h5-12,16H,13-15H2,1-4H3,(H,25,29)/t16-/m0/s1. The summed E-state index contributed by atoms with van der Waals surface area (Å²) in [5, 5.41) is 13.7. The van der Waals surface area contributed by atoms with Crippen molar-refractivity contribution in [3.63, 3.8) is 0 Å². The quantitative estimate of drug-likeness (QED) is 0.373. The van der Waals surface area contributed by atoms with Gasteiger partial charge < -0.3 is 10.2 Å². The predicted octanol–water partition coefficient (Wildman–Crippen LogP) is 4.92. The summed E-state index contributed by atoms with van der Waals surface area (Å²) >= 11 is 4.82. The van der Waals surface area contributed by atoms with Gasteiger partial charge in [-0.2, -0.15) is 0 Å². The fraction of sp³-hybridized carbons (Fsp3) is 0.391. The third-order valence-electron chi connectivity index (χ3n) is 4.57. The SMILES string of the molecule is C[C@@H](C(=O)NC(C)(C)C)N(Cc1ccc(Br)cc1)C(=O)CSCc1ccc([N+](=O)[O-])cc1. The lowest BCUT2D eigenvalue weighted by atomic mass is 10.1. The lowest BCUT2D eigenvalue weighted by molar-refractivity contribution is -0.384. The van der Waals surface area contributed by atoms with E-state index in [0.29, 0.717) is 12.3 Å². The molecule has 1 atom stereocenters. The summed E-state index contributed by atoms with van der Waals surface area (Å²) in [4.78, 5) is 37.8. The molecule has 2 rings (SSSR count). The molecule has 0 aliphatic rings. The normalized spacial score (nSPS) is 12.2. The third kappa shape index (κ3) is 8.27. The Labute approximate surface area is 201 Å². The van der Waals surface area contributed by atoms with Crippen molar-refractivity contribution in [3.05, 3.63) is 74.2 Å². The molecule has 0 aromatic heterocycles. The highest BCUT2D eigenvalue weighted by Gasteiger charge is 2.28. The van der Waals surface area contributed by atoms with Crippen LogP contribution in [0.1, 0.15) is 38.8 Å². The number of non-ortho nitro benzene ring substituents is 1. The van der Waals surface area contributed by atoms with Gasteiger partial charge >= 0.3 is 0 Å². The topological polar surface area (TPSA) is 92.6 Å². The molecule has 0 aliphatic carbocycles. The molecule has 32 heavy (non-hydrogen) atoms. The number of benzene rings is 2. The maximum atomic E-state index is 13.1. The number of rotatable bonds is 9. The summed E-state index contributed by atoms with van der Waals surface area (Å²) in [7, 11) is 0. The fourth-order valence-electron chi connectivity index (χ4n) is 2.90. The van der Waals surface area contributed by atoms with Crippen molar-refractivity contribution in [3.8, 4) is 0 Å². The number of carbonyl (C=O) groups is 2. The predicted molar refractivity (Wildman–Crippen MR) is 131 cm³/mol. The molecular formula is C23H28BrN3O4S. The molecule has 0 fully saturated rings. The van der Waals surface area contributed by atoms with Gasteiger partial charge in [-0.1, -0.05) is 40.2 Å². The van der Waals surface area contributed by atoms with Crippen LogP contribution < -0.4 is 5.32 Å². The van der Waals surface area contributed by atoms with Crippen LogP contribution in [0.15, 0.2) is 53.0 Å². The molecule has 0 spiro atoms. The molecular weight excluding hydrogens is 494 g/mol. The lowest BCUT2D eigenvalue weighted by Crippen LogP contribution is -2.52. The lowest BCUT2D eigenvalue weighted by Gasteiger charge is -2.31. The number of hydrogen-bond donors (Lipinski definition) is 1. The Hall–Kier alpha value is -2.39. The average Bonchev–Trinajstić information content (AvgIpc) is 2.72. The molecule has 2 aromatic carbocycles. The van der Waals surface area contributed by atoms with E-state index in [1.54, 1.807) is 24.0 Å². The molecule has 2 aromatic rings. The Balaban J connectivity index is 2.07. The number of nitro benzene ring substituents is 1. The first-order chi connectivity index (χ1) is 15.0. The summed E-state index contributed by atoms with van der Waals surface area (Å²) in [6.07, 6.45) is 0. The van der Waals surface area contributed by atoms with E-state index in [-0.39, 0.29) is 23.3 Å². The molecule has 0 radical (unpaired) electrons. The van der Waals surface area contributed by atoms with Crippen LogP contribution in [0.3, 0.4) is 0 Å². The molecule has 0 heterocycles. The highest BCUT2D eigenvalue weighted by Crippen LogP contribution is 2.19. The number of nitro groups is 1. The second-order valence-corrected chi connectivity index (χ2v) is 10.4. The zero-order valence-electron chi connectivity index (χ0n) is 18.6. The van der Waals surface area contributed by atoms with Crippen LogP contribution in [0.5, 0.6) is 0 Å². The summed E-state index contributed by atoms with van der Waals surface area (Å²) in [6, 6.07) is 13.3. The Bertz CT molecular complexity index is 943. The summed E-state index contributed by atoms with van der Waals surface area (Å²) in [6.45, 7) is 7.76. The highest BCUT2D eigenvalue weighted by atomic mass is 79.9. The van der Waals surface area contributed by atoms with Gasteiger partial charge in [-0.05, 0) is 51.0 Å². The van der Waals surface area contributed by atoms with Crippen LogP contribution >= 0.6 is 27.7 Å². The molecule has 0 saturated carbocycles. The number of hydrogen-bond acceptors (Lipinski definition) is 5. The Kier molecular flexibility index (Phi) is 9.27. The molecule has 172 valence electrons. The van der Waals surface area contributed by atoms with Crippen LogP contribution in [0.4, 0.5) is 5.69 Å². The minimum atomic E-state index is -0.634. The van der Waals surface area contributed by atoms with E-state index >= 15 is 0 Å². The average molecular weight is 522 g/mol. The first kappa shape index (κ1) is 25.9.